The number of nitrogen functional groups attached to an aromatic ring is 1. The Morgan fingerprint density at radius 2 is 2.00 bits per heavy atom. The molecule has 0 fully saturated rings. The standard InChI is InChI=1S/C16H29N3O/c1-6-9-18-14(16(7-2,8-3)20-5)13-10-12(4)11-19-15(13)17/h10-11,14,18H,6-9H2,1-5H3,(H2,17,19). The first kappa shape index (κ1) is 16.9. The van der Waals surface area contributed by atoms with Gasteiger partial charge < -0.3 is 15.8 Å². The number of pyridine rings is 1. The topological polar surface area (TPSA) is 60.2 Å². The molecule has 3 N–H and O–H groups in total. The molecule has 0 aliphatic heterocycles. The highest BCUT2D eigenvalue weighted by Crippen LogP contribution is 2.37. The zero-order valence-electron chi connectivity index (χ0n) is 13.5. The summed E-state index contributed by atoms with van der Waals surface area (Å²) in [6, 6.07) is 2.18. The number of nitrogens with zero attached hydrogens (tertiary/aromatic N) is 1. The van der Waals surface area contributed by atoms with E-state index in [1.165, 1.54) is 0 Å². The lowest BCUT2D eigenvalue weighted by molar-refractivity contribution is -0.0484. The smallest absolute Gasteiger partial charge is 0.128 e. The second-order valence-corrected chi connectivity index (χ2v) is 5.35. The summed E-state index contributed by atoms with van der Waals surface area (Å²) in [5.74, 6) is 0.590. The molecule has 1 atom stereocenters. The number of aryl methyl sites for hydroxylation is 1. The van der Waals surface area contributed by atoms with Crippen molar-refractivity contribution in [1.82, 2.24) is 10.3 Å². The summed E-state index contributed by atoms with van der Waals surface area (Å²) >= 11 is 0. The number of anilines is 1. The Labute approximate surface area is 123 Å². The molecule has 0 aromatic carbocycles. The van der Waals surface area contributed by atoms with Gasteiger partial charge in [0.1, 0.15) is 5.82 Å². The molecule has 0 saturated carbocycles. The van der Waals surface area contributed by atoms with Gasteiger partial charge in [-0.05, 0) is 44.4 Å². The fourth-order valence-electron chi connectivity index (χ4n) is 2.77. The number of ether oxygens (including phenoxy) is 1. The first-order chi connectivity index (χ1) is 9.54. The van der Waals surface area contributed by atoms with Crippen molar-refractivity contribution in [3.05, 3.63) is 23.4 Å². The molecule has 114 valence electrons. The maximum absolute atomic E-state index is 6.12. The van der Waals surface area contributed by atoms with E-state index in [-0.39, 0.29) is 11.6 Å². The number of methoxy groups -OCH3 is 1. The van der Waals surface area contributed by atoms with Crippen LogP contribution in [0.5, 0.6) is 0 Å². The van der Waals surface area contributed by atoms with Gasteiger partial charge in [-0.15, -0.1) is 0 Å². The molecule has 4 heteroatoms. The third-order valence-electron chi connectivity index (χ3n) is 4.13. The van der Waals surface area contributed by atoms with Crippen LogP contribution < -0.4 is 11.1 Å². The zero-order chi connectivity index (χ0) is 15.2. The maximum atomic E-state index is 6.12. The summed E-state index contributed by atoms with van der Waals surface area (Å²) in [6.07, 6.45) is 4.73. The van der Waals surface area contributed by atoms with Crippen molar-refractivity contribution < 1.29 is 4.74 Å². The minimum atomic E-state index is -0.251. The monoisotopic (exact) mass is 279 g/mol. The third-order valence-corrected chi connectivity index (χ3v) is 4.13. The van der Waals surface area contributed by atoms with Gasteiger partial charge in [0.2, 0.25) is 0 Å². The van der Waals surface area contributed by atoms with Crippen LogP contribution in [0.4, 0.5) is 5.82 Å². The fourth-order valence-corrected chi connectivity index (χ4v) is 2.77. The van der Waals surface area contributed by atoms with Crippen molar-refractivity contribution in [2.24, 2.45) is 0 Å². The van der Waals surface area contributed by atoms with Gasteiger partial charge in [-0.1, -0.05) is 20.8 Å². The van der Waals surface area contributed by atoms with Gasteiger partial charge >= 0.3 is 0 Å². The second-order valence-electron chi connectivity index (χ2n) is 5.35. The Bertz CT molecular complexity index is 408. The molecule has 0 saturated heterocycles. The van der Waals surface area contributed by atoms with E-state index in [1.807, 2.05) is 13.1 Å². The number of aromatic nitrogens is 1. The van der Waals surface area contributed by atoms with Crippen LogP contribution in [0.2, 0.25) is 0 Å². The van der Waals surface area contributed by atoms with Crippen molar-refractivity contribution in [1.29, 1.82) is 0 Å². The van der Waals surface area contributed by atoms with E-state index in [0.29, 0.717) is 5.82 Å². The molecule has 1 rings (SSSR count). The molecular formula is C16H29N3O. The average Bonchev–Trinajstić information content (AvgIpc) is 2.47. The molecule has 1 aromatic heterocycles. The predicted molar refractivity (Wildman–Crippen MR) is 84.7 cm³/mol. The average molecular weight is 279 g/mol. The van der Waals surface area contributed by atoms with Gasteiger partial charge in [-0.25, -0.2) is 4.98 Å². The molecule has 1 aromatic rings. The summed E-state index contributed by atoms with van der Waals surface area (Å²) < 4.78 is 5.90. The Morgan fingerprint density at radius 1 is 1.35 bits per heavy atom. The maximum Gasteiger partial charge on any atom is 0.128 e. The molecule has 4 nitrogen and oxygen atoms in total. The Balaban J connectivity index is 3.26. The molecule has 1 heterocycles. The van der Waals surface area contributed by atoms with Crippen molar-refractivity contribution >= 4 is 5.82 Å². The summed E-state index contributed by atoms with van der Waals surface area (Å²) in [6.45, 7) is 9.46. The number of nitrogens with one attached hydrogen (secondary N) is 1. The van der Waals surface area contributed by atoms with Crippen molar-refractivity contribution in [3.8, 4) is 0 Å². The van der Waals surface area contributed by atoms with Crippen LogP contribution in [0.25, 0.3) is 0 Å². The summed E-state index contributed by atoms with van der Waals surface area (Å²) in [5.41, 5.74) is 8.03. The van der Waals surface area contributed by atoms with Gasteiger partial charge in [-0.3, -0.25) is 0 Å². The van der Waals surface area contributed by atoms with Gasteiger partial charge in [0.05, 0.1) is 11.6 Å². The summed E-state index contributed by atoms with van der Waals surface area (Å²) in [5, 5.41) is 3.60. The zero-order valence-corrected chi connectivity index (χ0v) is 13.5. The van der Waals surface area contributed by atoms with Crippen LogP contribution in [0, 0.1) is 6.92 Å². The van der Waals surface area contributed by atoms with Crippen molar-refractivity contribution in [2.45, 2.75) is 58.6 Å². The first-order valence-electron chi connectivity index (χ1n) is 7.55. The van der Waals surface area contributed by atoms with Crippen LogP contribution in [0.15, 0.2) is 12.3 Å². The van der Waals surface area contributed by atoms with E-state index in [1.54, 1.807) is 7.11 Å². The molecule has 20 heavy (non-hydrogen) atoms. The fraction of sp³-hybridized carbons (Fsp3) is 0.688. The van der Waals surface area contributed by atoms with Gasteiger partial charge in [-0.2, -0.15) is 0 Å². The summed E-state index contributed by atoms with van der Waals surface area (Å²) in [7, 11) is 1.78. The summed E-state index contributed by atoms with van der Waals surface area (Å²) in [4.78, 5) is 4.31. The number of nitrogens with two attached hydrogens (primary N) is 1. The number of hydrogen-bond acceptors (Lipinski definition) is 4. The molecular weight excluding hydrogens is 250 g/mol. The Hall–Kier alpha value is -1.13. The number of rotatable bonds is 8. The largest absolute Gasteiger partial charge is 0.383 e. The lowest BCUT2D eigenvalue weighted by Gasteiger charge is -2.39. The van der Waals surface area contributed by atoms with E-state index in [0.717, 1.165) is 36.9 Å². The molecule has 0 radical (unpaired) electrons. The highest BCUT2D eigenvalue weighted by molar-refractivity contribution is 5.44. The quantitative estimate of drug-likeness (QED) is 0.767. The second kappa shape index (κ2) is 7.60. The van der Waals surface area contributed by atoms with E-state index < -0.39 is 0 Å². The highest BCUT2D eigenvalue weighted by Gasteiger charge is 2.37. The van der Waals surface area contributed by atoms with E-state index in [9.17, 15) is 0 Å². The third kappa shape index (κ3) is 3.49. The first-order valence-corrected chi connectivity index (χ1v) is 7.55. The van der Waals surface area contributed by atoms with Gasteiger partial charge in [0.25, 0.3) is 0 Å². The Kier molecular flexibility index (Phi) is 6.43. The lowest BCUT2D eigenvalue weighted by atomic mass is 9.83. The normalized spacial score (nSPS) is 13.4. The van der Waals surface area contributed by atoms with Crippen molar-refractivity contribution in [2.75, 3.05) is 19.4 Å². The van der Waals surface area contributed by atoms with Crippen LogP contribution in [-0.4, -0.2) is 24.2 Å². The van der Waals surface area contributed by atoms with E-state index in [4.69, 9.17) is 10.5 Å². The molecule has 0 aliphatic carbocycles. The van der Waals surface area contributed by atoms with Crippen LogP contribution >= 0.6 is 0 Å². The van der Waals surface area contributed by atoms with E-state index in [2.05, 4.69) is 37.1 Å². The predicted octanol–water partition coefficient (Wildman–Crippen LogP) is 3.22. The lowest BCUT2D eigenvalue weighted by Crippen LogP contribution is -2.45. The van der Waals surface area contributed by atoms with E-state index >= 15 is 0 Å². The molecule has 0 aliphatic rings. The highest BCUT2D eigenvalue weighted by atomic mass is 16.5. The van der Waals surface area contributed by atoms with Crippen LogP contribution in [0.1, 0.15) is 57.2 Å². The SMILES string of the molecule is CCCNC(c1cc(C)cnc1N)C(CC)(CC)OC. The molecule has 1 unspecified atom stereocenters. The van der Waals surface area contributed by atoms with Crippen LogP contribution in [0.3, 0.4) is 0 Å². The molecule has 0 bridgehead atoms. The van der Waals surface area contributed by atoms with Gasteiger partial charge in [0, 0.05) is 18.9 Å². The van der Waals surface area contributed by atoms with Gasteiger partial charge in [0.15, 0.2) is 0 Å². The van der Waals surface area contributed by atoms with Crippen molar-refractivity contribution in [3.63, 3.8) is 0 Å². The minimum Gasteiger partial charge on any atom is -0.383 e. The Morgan fingerprint density at radius 3 is 2.50 bits per heavy atom. The minimum absolute atomic E-state index is 0.0647. The number of hydrogen-bond donors (Lipinski definition) is 2. The van der Waals surface area contributed by atoms with Crippen LogP contribution in [-0.2, 0) is 4.74 Å². The molecule has 0 amide bonds. The molecule has 0 spiro atoms.